The van der Waals surface area contributed by atoms with Crippen LogP contribution >= 0.6 is 0 Å². The first-order valence-corrected chi connectivity index (χ1v) is 4.40. The number of carbonyl (C=O) groups excluding carboxylic acids is 1. The number of rotatable bonds is 3. The predicted octanol–water partition coefficient (Wildman–Crippen LogP) is 2.02. The summed E-state index contributed by atoms with van der Waals surface area (Å²) in [6.45, 7) is 1.30. The standard InChI is InChI=1S/C9H8F2N2O4/c1-4-3-5(9(14)17-2)6(7(10)11)12-8(4)13(15)16/h3,7H,1-2H3. The molecule has 0 radical (unpaired) electrons. The topological polar surface area (TPSA) is 82.3 Å². The fourth-order valence-electron chi connectivity index (χ4n) is 1.24. The molecule has 0 aliphatic heterocycles. The van der Waals surface area contributed by atoms with Crippen LogP contribution in [0.3, 0.4) is 0 Å². The van der Waals surface area contributed by atoms with Crippen molar-refractivity contribution < 1.29 is 23.2 Å². The van der Waals surface area contributed by atoms with Gasteiger partial charge >= 0.3 is 18.2 Å². The Morgan fingerprint density at radius 1 is 1.59 bits per heavy atom. The van der Waals surface area contributed by atoms with Crippen molar-refractivity contribution in [3.05, 3.63) is 33.0 Å². The Morgan fingerprint density at radius 3 is 2.59 bits per heavy atom. The van der Waals surface area contributed by atoms with Crippen molar-refractivity contribution in [2.75, 3.05) is 7.11 Å². The molecule has 0 saturated heterocycles. The molecule has 0 unspecified atom stereocenters. The third-order valence-electron chi connectivity index (χ3n) is 2.00. The zero-order chi connectivity index (χ0) is 13.2. The summed E-state index contributed by atoms with van der Waals surface area (Å²) in [6.07, 6.45) is -3.09. The minimum atomic E-state index is -3.09. The molecular weight excluding hydrogens is 238 g/mol. The van der Waals surface area contributed by atoms with Crippen molar-refractivity contribution in [1.29, 1.82) is 0 Å². The highest BCUT2D eigenvalue weighted by atomic mass is 19.3. The van der Waals surface area contributed by atoms with Crippen LogP contribution in [0.4, 0.5) is 14.6 Å². The molecule has 1 rings (SSSR count). The van der Waals surface area contributed by atoms with Gasteiger partial charge in [0.1, 0.15) is 5.56 Å². The maximum Gasteiger partial charge on any atom is 0.366 e. The number of alkyl halides is 2. The normalized spacial score (nSPS) is 10.4. The van der Waals surface area contributed by atoms with E-state index in [0.29, 0.717) is 0 Å². The number of ether oxygens (including phenoxy) is 1. The molecule has 0 spiro atoms. The number of esters is 1. The first-order valence-electron chi connectivity index (χ1n) is 4.40. The monoisotopic (exact) mass is 246 g/mol. The summed E-state index contributed by atoms with van der Waals surface area (Å²) in [5, 5.41) is 10.5. The second-order valence-electron chi connectivity index (χ2n) is 3.11. The number of pyridine rings is 1. The lowest BCUT2D eigenvalue weighted by Crippen LogP contribution is -2.10. The molecule has 0 atom stereocenters. The average molecular weight is 246 g/mol. The van der Waals surface area contributed by atoms with Gasteiger partial charge in [-0.1, -0.05) is 0 Å². The van der Waals surface area contributed by atoms with Gasteiger partial charge in [0.25, 0.3) is 0 Å². The van der Waals surface area contributed by atoms with Gasteiger partial charge in [-0.3, -0.25) is 0 Å². The zero-order valence-electron chi connectivity index (χ0n) is 8.94. The molecule has 0 fully saturated rings. The van der Waals surface area contributed by atoms with Crippen LogP contribution in [0.15, 0.2) is 6.07 Å². The van der Waals surface area contributed by atoms with E-state index in [9.17, 15) is 23.7 Å². The largest absolute Gasteiger partial charge is 0.465 e. The van der Waals surface area contributed by atoms with E-state index in [1.807, 2.05) is 0 Å². The zero-order valence-corrected chi connectivity index (χ0v) is 8.94. The Kier molecular flexibility index (Phi) is 3.66. The summed E-state index contributed by atoms with van der Waals surface area (Å²) in [6, 6.07) is 0.971. The molecule has 0 aliphatic rings. The van der Waals surface area contributed by atoms with Gasteiger partial charge in [-0.05, 0) is 22.9 Å². The molecule has 8 heteroatoms. The second-order valence-corrected chi connectivity index (χ2v) is 3.11. The van der Waals surface area contributed by atoms with Crippen LogP contribution in [0.2, 0.25) is 0 Å². The maximum absolute atomic E-state index is 12.6. The molecule has 0 N–H and O–H groups in total. The second kappa shape index (κ2) is 4.81. The van der Waals surface area contributed by atoms with Crippen LogP contribution in [0, 0.1) is 17.0 Å². The molecule has 0 aromatic carbocycles. The summed E-state index contributed by atoms with van der Waals surface area (Å²) in [4.78, 5) is 24.0. The lowest BCUT2D eigenvalue weighted by Gasteiger charge is -2.05. The van der Waals surface area contributed by atoms with Gasteiger partial charge < -0.3 is 14.9 Å². The first-order chi connectivity index (χ1) is 7.88. The van der Waals surface area contributed by atoms with E-state index < -0.39 is 34.4 Å². The fourth-order valence-corrected chi connectivity index (χ4v) is 1.24. The van der Waals surface area contributed by atoms with Crippen LogP contribution in [0.25, 0.3) is 0 Å². The summed E-state index contributed by atoms with van der Waals surface area (Å²) in [5.41, 5.74) is -1.40. The molecule has 0 aliphatic carbocycles. The van der Waals surface area contributed by atoms with E-state index in [0.717, 1.165) is 13.2 Å². The van der Waals surface area contributed by atoms with Crippen LogP contribution in [0.1, 0.15) is 28.0 Å². The summed E-state index contributed by atoms with van der Waals surface area (Å²) >= 11 is 0. The number of nitro groups is 1. The number of methoxy groups -OCH3 is 1. The number of carbonyl (C=O) groups is 1. The van der Waals surface area contributed by atoms with Crippen molar-refractivity contribution >= 4 is 11.8 Å². The van der Waals surface area contributed by atoms with Crippen LogP contribution in [-0.4, -0.2) is 23.0 Å². The van der Waals surface area contributed by atoms with Crippen molar-refractivity contribution in [2.24, 2.45) is 0 Å². The van der Waals surface area contributed by atoms with Gasteiger partial charge in [-0.25, -0.2) is 13.6 Å². The lowest BCUT2D eigenvalue weighted by molar-refractivity contribution is -0.390. The SMILES string of the molecule is COC(=O)c1cc(C)c([N+](=O)[O-])nc1C(F)F. The Morgan fingerprint density at radius 2 is 2.18 bits per heavy atom. The lowest BCUT2D eigenvalue weighted by atomic mass is 10.1. The highest BCUT2D eigenvalue weighted by Crippen LogP contribution is 2.26. The highest BCUT2D eigenvalue weighted by molar-refractivity contribution is 5.91. The molecule has 17 heavy (non-hydrogen) atoms. The summed E-state index contributed by atoms with van der Waals surface area (Å²) in [7, 11) is 1.02. The molecule has 1 heterocycles. The maximum atomic E-state index is 12.6. The van der Waals surface area contributed by atoms with E-state index in [1.54, 1.807) is 0 Å². The Bertz CT molecular complexity index is 476. The number of hydrogen-bond donors (Lipinski definition) is 0. The van der Waals surface area contributed by atoms with E-state index in [1.165, 1.54) is 6.92 Å². The number of aromatic nitrogens is 1. The number of hydrogen-bond acceptors (Lipinski definition) is 5. The smallest absolute Gasteiger partial charge is 0.366 e. The number of nitrogens with zero attached hydrogens (tertiary/aromatic N) is 2. The Hall–Kier alpha value is -2.12. The minimum absolute atomic E-state index is 0.0137. The molecular formula is C9H8F2N2O4. The summed E-state index contributed by atoms with van der Waals surface area (Å²) in [5.74, 6) is -1.71. The number of halogens is 2. The molecule has 1 aromatic heterocycles. The van der Waals surface area contributed by atoms with Gasteiger partial charge in [0.15, 0.2) is 0 Å². The van der Waals surface area contributed by atoms with Crippen molar-refractivity contribution in [2.45, 2.75) is 13.3 Å². The molecule has 6 nitrogen and oxygen atoms in total. The molecule has 0 saturated carbocycles. The van der Waals surface area contributed by atoms with E-state index >= 15 is 0 Å². The van der Waals surface area contributed by atoms with Crippen LogP contribution in [0.5, 0.6) is 0 Å². The molecule has 92 valence electrons. The molecule has 0 bridgehead atoms. The van der Waals surface area contributed by atoms with Crippen molar-refractivity contribution in [3.8, 4) is 0 Å². The molecule has 1 aromatic rings. The Labute approximate surface area is 94.4 Å². The van der Waals surface area contributed by atoms with Crippen LogP contribution < -0.4 is 0 Å². The van der Waals surface area contributed by atoms with Crippen LogP contribution in [-0.2, 0) is 4.74 Å². The van der Waals surface area contributed by atoms with Crippen molar-refractivity contribution in [1.82, 2.24) is 4.98 Å². The van der Waals surface area contributed by atoms with Gasteiger partial charge in [0.05, 0.1) is 7.11 Å². The fraction of sp³-hybridized carbons (Fsp3) is 0.333. The quantitative estimate of drug-likeness (QED) is 0.463. The highest BCUT2D eigenvalue weighted by Gasteiger charge is 2.29. The Balaban J connectivity index is 3.46. The van der Waals surface area contributed by atoms with E-state index in [2.05, 4.69) is 9.72 Å². The third-order valence-corrected chi connectivity index (χ3v) is 2.00. The van der Waals surface area contributed by atoms with E-state index in [4.69, 9.17) is 0 Å². The first kappa shape index (κ1) is 12.9. The molecule has 0 amide bonds. The summed E-state index contributed by atoms with van der Waals surface area (Å²) < 4.78 is 29.5. The van der Waals surface area contributed by atoms with Gasteiger partial charge in [0, 0.05) is 5.56 Å². The average Bonchev–Trinajstić information content (AvgIpc) is 2.26. The number of aryl methyl sites for hydroxylation is 1. The third kappa shape index (κ3) is 2.52. The van der Waals surface area contributed by atoms with Gasteiger partial charge in [0.2, 0.25) is 5.69 Å². The van der Waals surface area contributed by atoms with E-state index in [-0.39, 0.29) is 5.56 Å². The minimum Gasteiger partial charge on any atom is -0.465 e. The predicted molar refractivity (Wildman–Crippen MR) is 51.9 cm³/mol. The van der Waals surface area contributed by atoms with Gasteiger partial charge in [-0.15, -0.1) is 0 Å². The van der Waals surface area contributed by atoms with Crippen molar-refractivity contribution in [3.63, 3.8) is 0 Å². The van der Waals surface area contributed by atoms with Gasteiger partial charge in [-0.2, -0.15) is 0 Å².